The summed E-state index contributed by atoms with van der Waals surface area (Å²) in [6.45, 7) is 15.1. The summed E-state index contributed by atoms with van der Waals surface area (Å²) in [5, 5.41) is 10.2. The van der Waals surface area contributed by atoms with Crippen molar-refractivity contribution in [3.8, 4) is 0 Å². The molecule has 4 rings (SSSR count). The number of hydrogen-bond donors (Lipinski definition) is 1. The van der Waals surface area contributed by atoms with Gasteiger partial charge in [-0.05, 0) is 24.0 Å². The lowest BCUT2D eigenvalue weighted by Gasteiger charge is -2.36. The maximum atomic E-state index is 13.1. The van der Waals surface area contributed by atoms with Gasteiger partial charge in [0.05, 0.1) is 19.3 Å². The van der Waals surface area contributed by atoms with Gasteiger partial charge in [-0.15, -0.1) is 0 Å². The highest BCUT2D eigenvalue weighted by Gasteiger charge is 2.26. The second-order valence-electron chi connectivity index (χ2n) is 10.5. The number of oxazole rings is 1. The molecule has 2 fully saturated rings. The molecular weight excluding hydrogens is 470 g/mol. The van der Waals surface area contributed by atoms with Crippen LogP contribution < -0.4 is 4.90 Å². The fourth-order valence-electron chi connectivity index (χ4n) is 5.02. The van der Waals surface area contributed by atoms with Gasteiger partial charge in [0.2, 0.25) is 5.89 Å². The van der Waals surface area contributed by atoms with Crippen molar-refractivity contribution >= 4 is 11.6 Å². The fourth-order valence-corrected chi connectivity index (χ4v) is 5.02. The third-order valence-electron chi connectivity index (χ3n) is 7.11. The van der Waals surface area contributed by atoms with Crippen LogP contribution >= 0.6 is 0 Å². The number of β-amino-alcohol motifs (C(OH)–C–C–N with tert-alkyl or cyclic N) is 1. The van der Waals surface area contributed by atoms with E-state index in [1.807, 2.05) is 4.90 Å². The molecule has 0 bridgehead atoms. The molecule has 0 saturated carbocycles. The van der Waals surface area contributed by atoms with Crippen LogP contribution in [0.15, 0.2) is 34.9 Å². The highest BCUT2D eigenvalue weighted by Crippen LogP contribution is 2.23. The lowest BCUT2D eigenvalue weighted by atomic mass is 10.1. The number of aliphatic hydroxyl groups excluding tert-OH is 1. The summed E-state index contributed by atoms with van der Waals surface area (Å²) in [4.78, 5) is 26.4. The highest BCUT2D eigenvalue weighted by atomic mass is 16.5. The van der Waals surface area contributed by atoms with Gasteiger partial charge in [-0.2, -0.15) is 0 Å². The van der Waals surface area contributed by atoms with Gasteiger partial charge in [0.1, 0.15) is 6.26 Å². The van der Waals surface area contributed by atoms with Gasteiger partial charge in [0.15, 0.2) is 5.69 Å². The van der Waals surface area contributed by atoms with E-state index in [1.54, 1.807) is 0 Å². The van der Waals surface area contributed by atoms with Crippen molar-refractivity contribution < 1.29 is 19.1 Å². The van der Waals surface area contributed by atoms with Crippen LogP contribution in [0.3, 0.4) is 0 Å². The normalized spacial score (nSPS) is 18.5. The molecule has 0 unspecified atom stereocenters. The second-order valence-corrected chi connectivity index (χ2v) is 10.5. The zero-order valence-corrected chi connectivity index (χ0v) is 22.6. The van der Waals surface area contributed by atoms with E-state index in [-0.39, 0.29) is 5.91 Å². The van der Waals surface area contributed by atoms with E-state index in [2.05, 4.69) is 64.7 Å². The number of ether oxygens (including phenoxy) is 1. The Hall–Kier alpha value is -2.46. The minimum absolute atomic E-state index is 0.0584. The van der Waals surface area contributed by atoms with Gasteiger partial charge >= 0.3 is 0 Å². The van der Waals surface area contributed by atoms with Gasteiger partial charge in [0, 0.05) is 71.2 Å². The molecule has 9 heteroatoms. The largest absolute Gasteiger partial charge is 0.447 e. The standard InChI is InChI=1S/C28H43N5O4/c1-4-23-7-5-6-8-26(23)32-13-15-33(16-14-32)28(35)25-21-37-27(29-25)18-31-11-9-30(10-12-31)17-24(34)20-36-19-22(2)3/h5-8,21-22,24,34H,4,9-20H2,1-3H3/t24-/m0/s1. The molecule has 3 heterocycles. The van der Waals surface area contributed by atoms with Gasteiger partial charge in [0.25, 0.3) is 5.91 Å². The van der Waals surface area contributed by atoms with E-state index in [4.69, 9.17) is 9.15 Å². The molecule has 1 atom stereocenters. The Kier molecular flexibility index (Phi) is 9.96. The number of benzene rings is 1. The number of aliphatic hydroxyl groups is 1. The van der Waals surface area contributed by atoms with Crippen LogP contribution in [0.5, 0.6) is 0 Å². The monoisotopic (exact) mass is 513 g/mol. The van der Waals surface area contributed by atoms with Crippen molar-refractivity contribution in [3.63, 3.8) is 0 Å². The Labute approximate surface area is 221 Å². The molecule has 2 aliphatic heterocycles. The van der Waals surface area contributed by atoms with Gasteiger partial charge in [-0.1, -0.05) is 39.0 Å². The van der Waals surface area contributed by atoms with Gasteiger partial charge in [-0.3, -0.25) is 14.6 Å². The van der Waals surface area contributed by atoms with Crippen molar-refractivity contribution in [1.29, 1.82) is 0 Å². The van der Waals surface area contributed by atoms with E-state index < -0.39 is 6.10 Å². The lowest BCUT2D eigenvalue weighted by Crippen LogP contribution is -2.49. The fraction of sp³-hybridized carbons (Fsp3) is 0.643. The first-order valence-corrected chi connectivity index (χ1v) is 13.7. The van der Waals surface area contributed by atoms with Crippen molar-refractivity contribution in [2.45, 2.75) is 39.8 Å². The van der Waals surface area contributed by atoms with Crippen LogP contribution in [0.25, 0.3) is 0 Å². The van der Waals surface area contributed by atoms with Crippen LogP contribution in [0.2, 0.25) is 0 Å². The third kappa shape index (κ3) is 7.77. The number of carbonyl (C=O) groups excluding carboxylic acids is 1. The average molecular weight is 514 g/mol. The van der Waals surface area contributed by atoms with Crippen LogP contribution in [-0.4, -0.2) is 109 Å². The molecule has 0 spiro atoms. The molecule has 204 valence electrons. The van der Waals surface area contributed by atoms with Gasteiger partial charge in [-0.25, -0.2) is 4.98 Å². The molecule has 0 radical (unpaired) electrons. The van der Waals surface area contributed by atoms with Crippen LogP contribution in [0.1, 0.15) is 42.7 Å². The summed E-state index contributed by atoms with van der Waals surface area (Å²) in [5.41, 5.74) is 3.01. The second kappa shape index (κ2) is 13.4. The molecule has 2 aromatic rings. The number of aryl methyl sites for hydroxylation is 1. The zero-order valence-electron chi connectivity index (χ0n) is 22.6. The maximum absolute atomic E-state index is 13.1. The molecule has 1 aromatic heterocycles. The number of amides is 1. The minimum atomic E-state index is -0.464. The first-order chi connectivity index (χ1) is 17.9. The molecule has 1 amide bonds. The minimum Gasteiger partial charge on any atom is -0.447 e. The van der Waals surface area contributed by atoms with Crippen molar-refractivity contribution in [2.24, 2.45) is 5.92 Å². The molecule has 2 saturated heterocycles. The van der Waals surface area contributed by atoms with Crippen molar-refractivity contribution in [3.05, 3.63) is 47.7 Å². The predicted molar refractivity (Wildman–Crippen MR) is 144 cm³/mol. The number of piperazine rings is 2. The Bertz CT molecular complexity index is 980. The summed E-state index contributed by atoms with van der Waals surface area (Å²) in [6.07, 6.45) is 2.04. The average Bonchev–Trinajstić information content (AvgIpc) is 3.37. The van der Waals surface area contributed by atoms with E-state index in [0.29, 0.717) is 56.9 Å². The maximum Gasteiger partial charge on any atom is 0.275 e. The molecule has 9 nitrogen and oxygen atoms in total. The Morgan fingerprint density at radius 3 is 2.43 bits per heavy atom. The van der Waals surface area contributed by atoms with Crippen molar-refractivity contribution in [2.75, 3.05) is 77.0 Å². The van der Waals surface area contributed by atoms with Crippen LogP contribution in [-0.2, 0) is 17.7 Å². The highest BCUT2D eigenvalue weighted by molar-refractivity contribution is 5.92. The number of hydrogen-bond acceptors (Lipinski definition) is 8. The van der Waals surface area contributed by atoms with Crippen LogP contribution in [0, 0.1) is 5.92 Å². The number of anilines is 1. The number of carbonyl (C=O) groups is 1. The quantitative estimate of drug-likeness (QED) is 0.490. The summed E-state index contributed by atoms with van der Waals surface area (Å²) in [7, 11) is 0. The summed E-state index contributed by atoms with van der Waals surface area (Å²) in [5.74, 6) is 0.993. The number of rotatable bonds is 11. The van der Waals surface area contributed by atoms with E-state index in [9.17, 15) is 9.90 Å². The van der Waals surface area contributed by atoms with E-state index in [1.165, 1.54) is 17.5 Å². The summed E-state index contributed by atoms with van der Waals surface area (Å²) >= 11 is 0. The lowest BCUT2D eigenvalue weighted by molar-refractivity contribution is -0.000850. The predicted octanol–water partition coefficient (Wildman–Crippen LogP) is 2.35. The molecule has 0 aliphatic carbocycles. The SMILES string of the molecule is CCc1ccccc1N1CCN(C(=O)c2coc(CN3CCN(C[C@H](O)COCC(C)C)CC3)n2)CC1. The molecular formula is C28H43N5O4. The van der Waals surface area contributed by atoms with Crippen molar-refractivity contribution in [1.82, 2.24) is 19.7 Å². The smallest absolute Gasteiger partial charge is 0.275 e. The van der Waals surface area contributed by atoms with E-state index in [0.717, 1.165) is 45.7 Å². The van der Waals surface area contributed by atoms with Gasteiger partial charge < -0.3 is 24.1 Å². The number of nitrogens with zero attached hydrogens (tertiary/aromatic N) is 5. The zero-order chi connectivity index (χ0) is 26.2. The first-order valence-electron chi connectivity index (χ1n) is 13.7. The molecule has 37 heavy (non-hydrogen) atoms. The number of para-hydroxylation sites is 1. The molecule has 1 aromatic carbocycles. The Morgan fingerprint density at radius 1 is 1.03 bits per heavy atom. The topological polar surface area (TPSA) is 85.5 Å². The summed E-state index contributed by atoms with van der Waals surface area (Å²) in [6, 6.07) is 8.51. The third-order valence-corrected chi connectivity index (χ3v) is 7.11. The summed E-state index contributed by atoms with van der Waals surface area (Å²) < 4.78 is 11.2. The Balaban J connectivity index is 1.19. The number of aromatic nitrogens is 1. The van der Waals surface area contributed by atoms with E-state index >= 15 is 0 Å². The molecule has 2 aliphatic rings. The molecule has 1 N–H and O–H groups in total. The van der Waals surface area contributed by atoms with Crippen LogP contribution in [0.4, 0.5) is 5.69 Å². The first kappa shape index (κ1) is 27.6. The Morgan fingerprint density at radius 2 is 1.73 bits per heavy atom.